The van der Waals surface area contributed by atoms with Gasteiger partial charge in [-0.1, -0.05) is 95.8 Å². The number of aromatic nitrogens is 2. The lowest BCUT2D eigenvalue weighted by Gasteiger charge is -2.24. The average molecular weight is 741 g/mol. The maximum atomic E-state index is 13.7. The number of aliphatic hydroxyl groups excluding tert-OH is 1. The molecule has 0 saturated carbocycles. The summed E-state index contributed by atoms with van der Waals surface area (Å²) >= 11 is 2.69. The van der Waals surface area contributed by atoms with E-state index in [0.29, 0.717) is 15.6 Å². The van der Waals surface area contributed by atoms with Crippen molar-refractivity contribution < 1.29 is 24.5 Å². The van der Waals surface area contributed by atoms with Crippen molar-refractivity contribution in [1.29, 1.82) is 0 Å². The Kier molecular flexibility index (Phi) is 13.7. The number of nitrogens with one attached hydrogen (secondary N) is 2. The third kappa shape index (κ3) is 10.8. The van der Waals surface area contributed by atoms with Crippen molar-refractivity contribution >= 4 is 34.5 Å². The fourth-order valence-corrected chi connectivity index (χ4v) is 7.37. The highest BCUT2D eigenvalue weighted by Crippen LogP contribution is 2.30. The third-order valence-corrected chi connectivity index (χ3v) is 11.1. The van der Waals surface area contributed by atoms with Gasteiger partial charge in [-0.2, -0.15) is 0 Å². The van der Waals surface area contributed by atoms with E-state index >= 15 is 0 Å². The van der Waals surface area contributed by atoms with Crippen molar-refractivity contribution in [1.82, 2.24) is 20.6 Å². The van der Waals surface area contributed by atoms with Gasteiger partial charge in [0.25, 0.3) is 5.91 Å². The van der Waals surface area contributed by atoms with Gasteiger partial charge in [0.2, 0.25) is 5.91 Å². The summed E-state index contributed by atoms with van der Waals surface area (Å²) in [5.41, 5.74) is 3.37. The molecule has 2 atom stereocenters. The van der Waals surface area contributed by atoms with Crippen LogP contribution in [0.5, 0.6) is 5.75 Å². The summed E-state index contributed by atoms with van der Waals surface area (Å²) in [7, 11) is 0. The van der Waals surface area contributed by atoms with E-state index in [1.165, 1.54) is 48.4 Å². The van der Waals surface area contributed by atoms with Crippen LogP contribution in [0.15, 0.2) is 90.6 Å². The SMILES string of the molecule is CCCCCCCOc1ccc(-c2cnc(-c3ccc(C[C@H](NC(=O)c4ccc(C(C)(C)C)s4)C(=O)NC(c4cccs4)C(O)O)cc3)nc2)cc1. The van der Waals surface area contributed by atoms with Gasteiger partial charge in [-0.05, 0) is 58.7 Å². The first-order chi connectivity index (χ1) is 25.0. The van der Waals surface area contributed by atoms with Gasteiger partial charge in [0.05, 0.1) is 11.5 Å². The number of carbonyl (C=O) groups excluding carboxylic acids is 2. The van der Waals surface area contributed by atoms with Crippen LogP contribution in [0.3, 0.4) is 0 Å². The van der Waals surface area contributed by atoms with Crippen LogP contribution in [0.25, 0.3) is 22.5 Å². The quantitative estimate of drug-likeness (QED) is 0.0560. The molecule has 0 spiro atoms. The van der Waals surface area contributed by atoms with E-state index in [-0.39, 0.29) is 17.7 Å². The summed E-state index contributed by atoms with van der Waals surface area (Å²) in [6.45, 7) is 9.18. The fraction of sp³-hybridized carbons (Fsp3) is 0.366. The Labute approximate surface area is 314 Å². The van der Waals surface area contributed by atoms with Crippen LogP contribution in [0.4, 0.5) is 0 Å². The van der Waals surface area contributed by atoms with Crippen molar-refractivity contribution in [2.75, 3.05) is 6.61 Å². The minimum atomic E-state index is -1.82. The topological polar surface area (TPSA) is 134 Å². The molecule has 5 aromatic rings. The fourth-order valence-electron chi connectivity index (χ4n) is 5.61. The first-order valence-electron chi connectivity index (χ1n) is 17.8. The van der Waals surface area contributed by atoms with Crippen molar-refractivity contribution in [3.63, 3.8) is 0 Å². The number of ether oxygens (including phenoxy) is 1. The largest absolute Gasteiger partial charge is 0.494 e. The highest BCUT2D eigenvalue weighted by Gasteiger charge is 2.29. The van der Waals surface area contributed by atoms with Crippen LogP contribution in [0.2, 0.25) is 0 Å². The number of unbranched alkanes of at least 4 members (excludes halogenated alkanes) is 4. The molecule has 0 saturated heterocycles. The zero-order chi connectivity index (χ0) is 37.1. The van der Waals surface area contributed by atoms with Crippen LogP contribution in [-0.2, 0) is 16.6 Å². The molecule has 3 aromatic heterocycles. The summed E-state index contributed by atoms with van der Waals surface area (Å²) in [5.74, 6) is 0.509. The Morgan fingerprint density at radius 3 is 2.13 bits per heavy atom. The normalized spacial score (nSPS) is 12.8. The Morgan fingerprint density at radius 2 is 1.52 bits per heavy atom. The molecule has 2 aromatic carbocycles. The second-order valence-corrected chi connectivity index (χ2v) is 15.9. The average Bonchev–Trinajstić information content (AvgIpc) is 3.86. The number of amides is 2. The van der Waals surface area contributed by atoms with E-state index < -0.39 is 24.3 Å². The number of aliphatic hydroxyl groups is 2. The zero-order valence-electron chi connectivity index (χ0n) is 30.2. The van der Waals surface area contributed by atoms with Crippen LogP contribution >= 0.6 is 22.7 Å². The van der Waals surface area contributed by atoms with Gasteiger partial charge in [-0.25, -0.2) is 9.97 Å². The van der Waals surface area contributed by atoms with E-state index in [0.717, 1.165) is 45.9 Å². The molecule has 0 fully saturated rings. The molecule has 11 heteroatoms. The molecule has 0 aliphatic rings. The maximum Gasteiger partial charge on any atom is 0.262 e. The van der Waals surface area contributed by atoms with Gasteiger partial charge in [-0.3, -0.25) is 9.59 Å². The van der Waals surface area contributed by atoms with Gasteiger partial charge in [-0.15, -0.1) is 22.7 Å². The summed E-state index contributed by atoms with van der Waals surface area (Å²) in [6.07, 6.45) is 7.96. The van der Waals surface area contributed by atoms with Crippen LogP contribution in [-0.4, -0.2) is 50.9 Å². The van der Waals surface area contributed by atoms with Gasteiger partial charge in [0.15, 0.2) is 12.1 Å². The lowest BCUT2D eigenvalue weighted by molar-refractivity contribution is -0.128. The monoisotopic (exact) mass is 740 g/mol. The number of thiophene rings is 2. The smallest absolute Gasteiger partial charge is 0.262 e. The highest BCUT2D eigenvalue weighted by molar-refractivity contribution is 7.14. The Balaban J connectivity index is 1.25. The number of rotatable bonds is 17. The number of hydrogen-bond acceptors (Lipinski definition) is 9. The van der Waals surface area contributed by atoms with E-state index in [1.54, 1.807) is 36.0 Å². The molecule has 0 aliphatic heterocycles. The Morgan fingerprint density at radius 1 is 0.827 bits per heavy atom. The van der Waals surface area contributed by atoms with E-state index in [1.807, 2.05) is 54.6 Å². The Hall–Kier alpha value is -4.42. The number of benzene rings is 2. The van der Waals surface area contributed by atoms with Crippen molar-refractivity contribution in [3.05, 3.63) is 111 Å². The van der Waals surface area contributed by atoms with Crippen LogP contribution in [0, 0.1) is 0 Å². The summed E-state index contributed by atoms with van der Waals surface area (Å²) in [5, 5.41) is 27.6. The molecule has 274 valence electrons. The zero-order valence-corrected chi connectivity index (χ0v) is 31.8. The molecular formula is C41H48N4O5S2. The molecule has 1 unspecified atom stereocenters. The predicted molar refractivity (Wildman–Crippen MR) is 209 cm³/mol. The molecule has 0 radical (unpaired) electrons. The van der Waals surface area contributed by atoms with Crippen molar-refractivity contribution in [2.45, 2.75) is 90.0 Å². The first kappa shape index (κ1) is 38.8. The predicted octanol–water partition coefficient (Wildman–Crippen LogP) is 8.09. The summed E-state index contributed by atoms with van der Waals surface area (Å²) in [4.78, 5) is 38.4. The summed E-state index contributed by atoms with van der Waals surface area (Å²) in [6, 6.07) is 20.7. The van der Waals surface area contributed by atoms with Gasteiger partial charge < -0.3 is 25.6 Å². The second kappa shape index (κ2) is 18.4. The van der Waals surface area contributed by atoms with Gasteiger partial charge >= 0.3 is 0 Å². The van der Waals surface area contributed by atoms with Gasteiger partial charge in [0.1, 0.15) is 17.8 Å². The molecule has 0 bridgehead atoms. The summed E-state index contributed by atoms with van der Waals surface area (Å²) < 4.78 is 5.90. The number of nitrogens with zero attached hydrogens (tertiary/aromatic N) is 2. The maximum absolute atomic E-state index is 13.7. The number of hydrogen-bond donors (Lipinski definition) is 4. The molecule has 2 amide bonds. The molecular weight excluding hydrogens is 693 g/mol. The number of carbonyl (C=O) groups is 2. The second-order valence-electron chi connectivity index (χ2n) is 13.8. The van der Waals surface area contributed by atoms with Crippen molar-refractivity contribution in [2.24, 2.45) is 0 Å². The molecule has 52 heavy (non-hydrogen) atoms. The standard InChI is InChI=1S/C41H48N4O5S2/c1-5-6-7-8-9-22-50-31-18-16-28(17-19-31)30-25-42-37(43-26-30)29-14-12-27(13-15-29)24-32(38(46)45-36(40(48)49)33-11-10-23-51-33)44-39(47)34-20-21-35(52-34)41(2,3)4/h10-21,23,25-26,32,36,40,48-49H,5-9,22,24H2,1-4H3,(H,44,47)(H,45,46)/t32-,36?/m0/s1. The van der Waals surface area contributed by atoms with E-state index in [4.69, 9.17) is 4.74 Å². The third-order valence-electron chi connectivity index (χ3n) is 8.64. The lowest BCUT2D eigenvalue weighted by Crippen LogP contribution is -2.50. The minimum Gasteiger partial charge on any atom is -0.494 e. The minimum absolute atomic E-state index is 0.120. The van der Waals surface area contributed by atoms with Gasteiger partial charge in [0, 0.05) is 39.7 Å². The lowest BCUT2D eigenvalue weighted by atomic mass is 9.95. The Bertz CT molecular complexity index is 1850. The molecule has 3 heterocycles. The molecule has 0 aliphatic carbocycles. The molecule has 5 rings (SSSR count). The highest BCUT2D eigenvalue weighted by atomic mass is 32.1. The van der Waals surface area contributed by atoms with E-state index in [9.17, 15) is 19.8 Å². The molecule has 9 nitrogen and oxygen atoms in total. The van der Waals surface area contributed by atoms with Crippen LogP contribution < -0.4 is 15.4 Å². The first-order valence-corrected chi connectivity index (χ1v) is 19.5. The van der Waals surface area contributed by atoms with Crippen LogP contribution in [0.1, 0.15) is 90.8 Å². The molecule has 4 N–H and O–H groups in total. The van der Waals surface area contributed by atoms with E-state index in [2.05, 4.69) is 48.3 Å². The van der Waals surface area contributed by atoms with Crippen molar-refractivity contribution in [3.8, 4) is 28.3 Å².